The lowest BCUT2D eigenvalue weighted by atomic mass is 13.0. The van der Waals surface area contributed by atoms with Crippen LogP contribution in [0.1, 0.15) is 0 Å². The second kappa shape index (κ2) is 19.2. The van der Waals surface area contributed by atoms with Gasteiger partial charge in [-0.05, 0) is 0 Å². The van der Waals surface area contributed by atoms with Crippen molar-refractivity contribution < 1.29 is 10.4 Å². The van der Waals surface area contributed by atoms with E-state index in [-0.39, 0.29) is 0 Å². The maximum Gasteiger partial charge on any atom is 0.0606 e. The fourth-order valence-electron chi connectivity index (χ4n) is 0. The molecule has 0 aromatic heterocycles. The summed E-state index contributed by atoms with van der Waals surface area (Å²) in [5.41, 5.74) is 0. The molecule has 0 atom stereocenters. The molecule has 0 rings (SSSR count). The van der Waals surface area contributed by atoms with Gasteiger partial charge >= 0.3 is 0 Å². The van der Waals surface area contributed by atoms with Crippen LogP contribution in [0.5, 0.6) is 0 Å². The zero-order valence-corrected chi connectivity index (χ0v) is 3.99. The van der Waals surface area contributed by atoms with Crippen molar-refractivity contribution in [3.8, 4) is 0 Å². The van der Waals surface area contributed by atoms with Gasteiger partial charge in [0, 0.05) is 17.4 Å². The fraction of sp³-hybridized carbons (Fsp3) is 0. The summed E-state index contributed by atoms with van der Waals surface area (Å²) >= 11 is 2.86. The molecule has 0 aliphatic heterocycles. The first-order valence-electron chi connectivity index (χ1n) is 0.983. The highest BCUT2D eigenvalue weighted by Crippen LogP contribution is 1.58. The summed E-state index contributed by atoms with van der Waals surface area (Å²) < 4.78 is 1.94. The molecule has 0 fully saturated rings. The van der Waals surface area contributed by atoms with E-state index in [0.717, 1.165) is 0 Å². The Morgan fingerprint density at radius 1 is 1.29 bits per heavy atom. The van der Waals surface area contributed by atoms with Gasteiger partial charge < -0.3 is 10.4 Å². The predicted octanol–water partition coefficient (Wildman–Crippen LogP) is 0.815. The number of nitroso groups, excluding NO2 is 1. The Bertz CT molecular complexity index is 48.1. The van der Waals surface area contributed by atoms with Crippen LogP contribution < -0.4 is 0 Å². The number of rotatable bonds is 0. The smallest absolute Gasteiger partial charge is 0.0606 e. The third-order valence-electron chi connectivity index (χ3n) is 0.0400. The van der Waals surface area contributed by atoms with Crippen molar-refractivity contribution in [2.45, 2.75) is 0 Å². The van der Waals surface area contributed by atoms with E-state index in [4.69, 9.17) is 15.3 Å². The van der Waals surface area contributed by atoms with Crippen LogP contribution in [0.3, 0.4) is 0 Å². The van der Waals surface area contributed by atoms with Gasteiger partial charge in [-0.15, -0.1) is 4.91 Å². The average Bonchev–Trinajstić information content (AvgIpc) is 1.69. The first kappa shape index (κ1) is 9.47. The van der Waals surface area contributed by atoms with E-state index in [1.54, 1.807) is 0 Å². The van der Waals surface area contributed by atoms with Crippen molar-refractivity contribution in [3.05, 3.63) is 4.91 Å². The highest BCUT2D eigenvalue weighted by Gasteiger charge is 1.34. The van der Waals surface area contributed by atoms with Crippen LogP contribution in [-0.4, -0.2) is 10.4 Å². The molecule has 2 N–H and O–H groups in total. The van der Waals surface area contributed by atoms with Crippen LogP contribution in [0.2, 0.25) is 0 Å². The third kappa shape index (κ3) is 2270. The zero-order valence-electron chi connectivity index (χ0n) is 3.09. The summed E-state index contributed by atoms with van der Waals surface area (Å²) in [6, 6.07) is 0. The van der Waals surface area contributed by atoms with E-state index >= 15 is 0 Å². The maximum absolute atomic E-state index is 8.42. The first-order chi connectivity index (χ1) is 3.33. The molecule has 0 aromatic carbocycles. The molecule has 0 aliphatic carbocycles. The molecule has 0 heterocycles. The number of thiol groups is 1. The van der Waals surface area contributed by atoms with Crippen molar-refractivity contribution >= 4 is 12.8 Å². The Hall–Kier alpha value is -0.850. The van der Waals surface area contributed by atoms with Gasteiger partial charge in [0.1, 0.15) is 0 Å². The van der Waals surface area contributed by atoms with Crippen LogP contribution in [0, 0.1) is 4.91 Å². The van der Waals surface area contributed by atoms with E-state index in [1.807, 2.05) is 15.1 Å². The second-order valence-corrected chi connectivity index (χ2v) is 0.424. The van der Waals surface area contributed by atoms with E-state index in [1.165, 1.54) is 0 Å². The zero-order chi connectivity index (χ0) is 6.12. The summed E-state index contributed by atoms with van der Waals surface area (Å²) in [6.07, 6.45) is 0. The largest absolute Gasteiger partial charge is 0.392 e. The van der Waals surface area contributed by atoms with Crippen molar-refractivity contribution in [2.75, 3.05) is 0 Å². The first-order valence-corrected chi connectivity index (χ1v) is 1.38. The minimum Gasteiger partial charge on any atom is -0.392 e. The van der Waals surface area contributed by atoms with Gasteiger partial charge in [-0.2, -0.15) is 0 Å². The van der Waals surface area contributed by atoms with Crippen LogP contribution in [0.15, 0.2) is 15.1 Å². The van der Waals surface area contributed by atoms with Gasteiger partial charge in [-0.3, -0.25) is 0 Å². The van der Waals surface area contributed by atoms with E-state index < -0.39 is 0 Å². The maximum atomic E-state index is 8.42. The molecule has 0 aliphatic rings. The summed E-state index contributed by atoms with van der Waals surface area (Å²) in [5, 5.41) is 18.0. The number of hydrogen-bond donors (Lipinski definition) is 3. The molecule has 0 radical (unpaired) electrons. The lowest BCUT2D eigenvalue weighted by Crippen LogP contribution is -1.41. The molecule has 42 valence electrons. The lowest BCUT2D eigenvalue weighted by molar-refractivity contribution is 0.177. The monoisotopic (exact) mass is 125 g/mol. The fourth-order valence-corrected chi connectivity index (χ4v) is 0. The summed E-state index contributed by atoms with van der Waals surface area (Å²) in [4.78, 5) is 8.42. The second-order valence-electron chi connectivity index (χ2n) is 0.261. The lowest BCUT2D eigenvalue weighted by Gasteiger charge is -1.53. The summed E-state index contributed by atoms with van der Waals surface area (Å²) in [5.74, 6) is 0. The molecule has 6 nitrogen and oxygen atoms in total. The predicted molar refractivity (Wildman–Crippen MR) is 23.2 cm³/mol. The SMILES string of the molecule is O=NS.ON=NO. The molecule has 0 saturated heterocycles. The van der Waals surface area contributed by atoms with Gasteiger partial charge in [0.05, 0.1) is 10.6 Å². The average molecular weight is 125 g/mol. The van der Waals surface area contributed by atoms with E-state index in [9.17, 15) is 0 Å². The molecule has 7 heteroatoms. The van der Waals surface area contributed by atoms with E-state index in [0.29, 0.717) is 0 Å². The number of nitrogens with zero attached hydrogens (tertiary/aromatic N) is 3. The Balaban J connectivity index is 0. The van der Waals surface area contributed by atoms with Crippen LogP contribution in [-0.2, 0) is 0 Å². The van der Waals surface area contributed by atoms with Gasteiger partial charge in [-0.1, -0.05) is 0 Å². The molecule has 0 bridgehead atoms. The third-order valence-corrected chi connectivity index (χ3v) is 0.0400. The Kier molecular flexibility index (Phi) is 26.0. The van der Waals surface area contributed by atoms with Crippen LogP contribution in [0.25, 0.3) is 0 Å². The van der Waals surface area contributed by atoms with Crippen molar-refractivity contribution in [1.82, 2.24) is 0 Å². The normalized spacial score (nSPS) is 7.00. The minimum absolute atomic E-state index is 1.92. The van der Waals surface area contributed by atoms with Crippen LogP contribution in [0.4, 0.5) is 0 Å². The standard InChI is InChI=1S/H2N2O2.HNOS/c3-1-2-4;2-1-3/h(H,1,4)(H,2,3);(H,2,3). The Labute approximate surface area is 44.3 Å². The highest BCUT2D eigenvalue weighted by atomic mass is 32.1. The molecule has 0 saturated carbocycles. The summed E-state index contributed by atoms with van der Waals surface area (Å²) in [7, 11) is 0. The molecule has 0 amide bonds. The van der Waals surface area contributed by atoms with Crippen molar-refractivity contribution in [1.29, 1.82) is 0 Å². The topological polar surface area (TPSA) is 94.6 Å². The van der Waals surface area contributed by atoms with Gasteiger partial charge in [0.15, 0.2) is 0 Å². The summed E-state index contributed by atoms with van der Waals surface area (Å²) in [6.45, 7) is 0. The van der Waals surface area contributed by atoms with Crippen molar-refractivity contribution in [2.24, 2.45) is 15.1 Å². The van der Waals surface area contributed by atoms with Gasteiger partial charge in [-0.25, -0.2) is 0 Å². The molecule has 0 spiro atoms. The van der Waals surface area contributed by atoms with Gasteiger partial charge in [0.2, 0.25) is 0 Å². The Morgan fingerprint density at radius 2 is 1.43 bits per heavy atom. The van der Waals surface area contributed by atoms with Crippen molar-refractivity contribution in [3.63, 3.8) is 0 Å². The Morgan fingerprint density at radius 3 is 1.43 bits per heavy atom. The molecule has 0 unspecified atom stereocenters. The molecule has 7 heavy (non-hydrogen) atoms. The van der Waals surface area contributed by atoms with Gasteiger partial charge in [0.25, 0.3) is 0 Å². The number of hydrogen-bond acceptors (Lipinski definition) is 4. The molecular weight excluding hydrogens is 122 g/mol. The minimum atomic E-state index is 1.92. The highest BCUT2D eigenvalue weighted by molar-refractivity contribution is 7.78. The van der Waals surface area contributed by atoms with Crippen LogP contribution >= 0.6 is 12.8 Å². The van der Waals surface area contributed by atoms with E-state index in [2.05, 4.69) is 12.8 Å². The molecule has 0 aromatic rings. The molecular formula is H3N3O3S. The quantitative estimate of drug-likeness (QED) is 0.193.